The zero-order valence-corrected chi connectivity index (χ0v) is 16.1. The zero-order valence-electron chi connectivity index (χ0n) is 15.3. The molecule has 1 aliphatic heterocycles. The Bertz CT molecular complexity index is 1070. The molecule has 1 N–H and O–H groups in total. The summed E-state index contributed by atoms with van der Waals surface area (Å²) in [5.41, 5.74) is 0.844. The highest BCUT2D eigenvalue weighted by Crippen LogP contribution is 2.14. The van der Waals surface area contributed by atoms with Crippen LogP contribution < -0.4 is 11.0 Å². The fourth-order valence-electron chi connectivity index (χ4n) is 3.31. The van der Waals surface area contributed by atoms with Gasteiger partial charge in [0, 0.05) is 30.6 Å². The highest BCUT2D eigenvalue weighted by Gasteiger charge is 2.23. The number of hydrogen-bond donors (Lipinski definition) is 1. The smallest absolute Gasteiger partial charge is 0.346 e. The van der Waals surface area contributed by atoms with Gasteiger partial charge in [-0.3, -0.25) is 14.3 Å². The Balaban J connectivity index is 1.43. The lowest BCUT2D eigenvalue weighted by Crippen LogP contribution is -2.36. The van der Waals surface area contributed by atoms with Crippen molar-refractivity contribution in [1.82, 2.24) is 29.6 Å². The van der Waals surface area contributed by atoms with Gasteiger partial charge in [0.05, 0.1) is 29.0 Å². The van der Waals surface area contributed by atoms with Crippen molar-refractivity contribution in [1.29, 1.82) is 0 Å². The second kappa shape index (κ2) is 7.63. The summed E-state index contributed by atoms with van der Waals surface area (Å²) in [4.78, 5) is 33.1. The van der Waals surface area contributed by atoms with E-state index in [4.69, 9.17) is 0 Å². The SMILES string of the molecule is Cc1nc(Cn2nc3n(c2=O)CCC(NC(=O)c2cncc(F)c2)CC3)cs1. The Morgan fingerprint density at radius 3 is 3.00 bits per heavy atom. The minimum absolute atomic E-state index is 0.119. The van der Waals surface area contributed by atoms with Crippen molar-refractivity contribution in [3.8, 4) is 0 Å². The highest BCUT2D eigenvalue weighted by molar-refractivity contribution is 7.09. The number of nitrogens with one attached hydrogen (secondary N) is 1. The van der Waals surface area contributed by atoms with Gasteiger partial charge in [0.25, 0.3) is 5.91 Å². The number of fused-ring (bicyclic) bond motifs is 1. The molecule has 3 aromatic heterocycles. The van der Waals surface area contributed by atoms with Gasteiger partial charge in [-0.2, -0.15) is 5.10 Å². The molecule has 0 saturated carbocycles. The summed E-state index contributed by atoms with van der Waals surface area (Å²) >= 11 is 1.54. The largest absolute Gasteiger partial charge is 0.349 e. The van der Waals surface area contributed by atoms with E-state index in [0.717, 1.165) is 23.0 Å². The first-order valence-electron chi connectivity index (χ1n) is 8.98. The van der Waals surface area contributed by atoms with E-state index in [1.54, 1.807) is 15.9 Å². The Hall–Kier alpha value is -2.88. The minimum atomic E-state index is -0.551. The van der Waals surface area contributed by atoms with Crippen LogP contribution in [0.25, 0.3) is 0 Å². The Morgan fingerprint density at radius 2 is 2.25 bits per heavy atom. The Labute approximate surface area is 164 Å². The van der Waals surface area contributed by atoms with Crippen molar-refractivity contribution in [2.75, 3.05) is 0 Å². The maximum absolute atomic E-state index is 13.3. The quantitative estimate of drug-likeness (QED) is 0.714. The average molecular weight is 402 g/mol. The molecule has 4 rings (SSSR count). The molecule has 146 valence electrons. The molecule has 8 nitrogen and oxygen atoms in total. The summed E-state index contributed by atoms with van der Waals surface area (Å²) in [7, 11) is 0. The van der Waals surface area contributed by atoms with Crippen LogP contribution in [0, 0.1) is 12.7 Å². The van der Waals surface area contributed by atoms with E-state index in [0.29, 0.717) is 38.2 Å². The van der Waals surface area contributed by atoms with E-state index < -0.39 is 5.82 Å². The number of carbonyl (C=O) groups is 1. The van der Waals surface area contributed by atoms with Gasteiger partial charge in [-0.15, -0.1) is 11.3 Å². The van der Waals surface area contributed by atoms with E-state index in [-0.39, 0.29) is 23.2 Å². The van der Waals surface area contributed by atoms with Gasteiger partial charge in [-0.05, 0) is 25.8 Å². The molecule has 3 aromatic rings. The molecule has 0 bridgehead atoms. The molecule has 0 saturated heterocycles. The third-order valence-corrected chi connectivity index (χ3v) is 5.52. The van der Waals surface area contributed by atoms with Gasteiger partial charge in [-0.1, -0.05) is 0 Å². The molecule has 1 aliphatic rings. The molecule has 0 spiro atoms. The molecule has 4 heterocycles. The molecule has 0 radical (unpaired) electrons. The van der Waals surface area contributed by atoms with Gasteiger partial charge in [0.2, 0.25) is 0 Å². The number of thiazole rings is 1. The second-order valence-corrected chi connectivity index (χ2v) is 7.82. The van der Waals surface area contributed by atoms with E-state index >= 15 is 0 Å². The fraction of sp³-hybridized carbons (Fsp3) is 0.389. The second-order valence-electron chi connectivity index (χ2n) is 6.76. The first-order valence-corrected chi connectivity index (χ1v) is 9.86. The number of rotatable bonds is 4. The normalized spacial score (nSPS) is 16.4. The lowest BCUT2D eigenvalue weighted by molar-refractivity contribution is 0.0932. The van der Waals surface area contributed by atoms with E-state index in [1.165, 1.54) is 10.9 Å². The minimum Gasteiger partial charge on any atom is -0.349 e. The van der Waals surface area contributed by atoms with Crippen LogP contribution in [0.2, 0.25) is 0 Å². The molecule has 0 aromatic carbocycles. The van der Waals surface area contributed by atoms with Crippen LogP contribution in [0.15, 0.2) is 28.6 Å². The zero-order chi connectivity index (χ0) is 19.7. The number of nitrogens with zero attached hydrogens (tertiary/aromatic N) is 5. The maximum Gasteiger partial charge on any atom is 0.346 e. The predicted octanol–water partition coefficient (Wildman–Crippen LogP) is 1.53. The fourth-order valence-corrected chi connectivity index (χ4v) is 3.92. The van der Waals surface area contributed by atoms with E-state index in [2.05, 4.69) is 20.4 Å². The van der Waals surface area contributed by atoms with Crippen molar-refractivity contribution >= 4 is 17.2 Å². The van der Waals surface area contributed by atoms with Crippen LogP contribution in [0.4, 0.5) is 4.39 Å². The van der Waals surface area contributed by atoms with Crippen molar-refractivity contribution in [2.24, 2.45) is 0 Å². The van der Waals surface area contributed by atoms with Crippen LogP contribution in [0.3, 0.4) is 0 Å². The number of aromatic nitrogens is 5. The average Bonchev–Trinajstić information content (AvgIpc) is 3.13. The first kappa shape index (κ1) is 18.5. The topological polar surface area (TPSA) is 94.7 Å². The molecule has 1 unspecified atom stereocenters. The number of hydrogen-bond acceptors (Lipinski definition) is 6. The van der Waals surface area contributed by atoms with Crippen LogP contribution in [0.1, 0.15) is 39.7 Å². The predicted molar refractivity (Wildman–Crippen MR) is 101 cm³/mol. The summed E-state index contributed by atoms with van der Waals surface area (Å²) in [6, 6.07) is 1.04. The van der Waals surface area contributed by atoms with Crippen molar-refractivity contribution in [3.63, 3.8) is 0 Å². The van der Waals surface area contributed by atoms with Gasteiger partial charge in [0.1, 0.15) is 11.6 Å². The third kappa shape index (κ3) is 3.86. The first-order chi connectivity index (χ1) is 13.5. The van der Waals surface area contributed by atoms with Crippen molar-refractivity contribution in [2.45, 2.75) is 45.3 Å². The monoisotopic (exact) mass is 402 g/mol. The molecule has 0 aliphatic carbocycles. The van der Waals surface area contributed by atoms with Gasteiger partial charge in [0.15, 0.2) is 0 Å². The van der Waals surface area contributed by atoms with Crippen molar-refractivity contribution in [3.05, 3.63) is 62.2 Å². The summed E-state index contributed by atoms with van der Waals surface area (Å²) in [6.07, 6.45) is 4.21. The van der Waals surface area contributed by atoms with E-state index in [9.17, 15) is 14.0 Å². The maximum atomic E-state index is 13.3. The Kier molecular flexibility index (Phi) is 5.03. The number of amides is 1. The number of aryl methyl sites for hydroxylation is 2. The van der Waals surface area contributed by atoms with Crippen LogP contribution in [0.5, 0.6) is 0 Å². The van der Waals surface area contributed by atoms with Gasteiger partial charge >= 0.3 is 5.69 Å². The lowest BCUT2D eigenvalue weighted by atomic mass is 10.1. The standard InChI is InChI=1S/C18H19FN6O2S/c1-11-21-15(10-28-11)9-25-18(27)24-5-4-14(2-3-16(24)23-25)22-17(26)12-6-13(19)8-20-7-12/h6-8,10,14H,2-5,9H2,1H3,(H,22,26). The molecule has 1 atom stereocenters. The lowest BCUT2D eigenvalue weighted by Gasteiger charge is -2.15. The third-order valence-electron chi connectivity index (χ3n) is 4.70. The number of carbonyl (C=O) groups excluding carboxylic acids is 1. The molecular weight excluding hydrogens is 383 g/mol. The van der Waals surface area contributed by atoms with E-state index in [1.807, 2.05) is 12.3 Å². The molecule has 10 heteroatoms. The van der Waals surface area contributed by atoms with Gasteiger partial charge in [-0.25, -0.2) is 18.9 Å². The molecule has 28 heavy (non-hydrogen) atoms. The highest BCUT2D eigenvalue weighted by atomic mass is 32.1. The van der Waals surface area contributed by atoms with Gasteiger partial charge < -0.3 is 5.32 Å². The molecule has 1 amide bonds. The Morgan fingerprint density at radius 1 is 1.39 bits per heavy atom. The van der Waals surface area contributed by atoms with Crippen LogP contribution in [-0.2, 0) is 19.5 Å². The summed E-state index contributed by atoms with van der Waals surface area (Å²) < 4.78 is 16.4. The summed E-state index contributed by atoms with van der Waals surface area (Å²) in [5.74, 6) is -0.210. The number of halogens is 1. The van der Waals surface area contributed by atoms with Crippen molar-refractivity contribution < 1.29 is 9.18 Å². The number of pyridine rings is 1. The summed E-state index contributed by atoms with van der Waals surface area (Å²) in [6.45, 7) is 2.75. The molecular formula is C18H19FN6O2S. The summed E-state index contributed by atoms with van der Waals surface area (Å²) in [5, 5.41) is 10.2. The van der Waals surface area contributed by atoms with Crippen LogP contribution in [-0.4, -0.2) is 36.3 Å². The molecule has 0 fully saturated rings. The van der Waals surface area contributed by atoms with Crippen LogP contribution >= 0.6 is 11.3 Å².